The molecule has 0 saturated carbocycles. The Hall–Kier alpha value is -2.57. The largest absolute Gasteiger partial charge is 0.352 e. The highest BCUT2D eigenvalue weighted by Gasteiger charge is 2.30. The summed E-state index contributed by atoms with van der Waals surface area (Å²) in [5.41, 5.74) is 4.47. The van der Waals surface area contributed by atoms with Crippen LogP contribution in [0.1, 0.15) is 42.5 Å². The van der Waals surface area contributed by atoms with Gasteiger partial charge in [-0.15, -0.1) is 11.8 Å². The molecule has 2 amide bonds. The summed E-state index contributed by atoms with van der Waals surface area (Å²) in [6.45, 7) is 6.51. The number of nitrogens with zero attached hydrogens (tertiary/aromatic N) is 1. The Kier molecular flexibility index (Phi) is 11.1. The predicted molar refractivity (Wildman–Crippen MR) is 154 cm³/mol. The molecule has 0 aromatic heterocycles. The lowest BCUT2D eigenvalue weighted by molar-refractivity contribution is -0.139. The van der Waals surface area contributed by atoms with Gasteiger partial charge in [0.05, 0.1) is 5.75 Å². The fraction of sp³-hybridized carbons (Fsp3) is 0.333. The molecule has 0 radical (unpaired) electrons. The van der Waals surface area contributed by atoms with E-state index in [1.54, 1.807) is 16.7 Å². The maximum atomic E-state index is 13.7. The molecule has 6 heteroatoms. The summed E-state index contributed by atoms with van der Waals surface area (Å²) < 4.78 is 0.980. The Bertz CT molecular complexity index is 1120. The fourth-order valence-electron chi connectivity index (χ4n) is 3.88. The molecule has 0 aliphatic carbocycles. The number of carbonyl (C=O) groups is 2. The highest BCUT2D eigenvalue weighted by atomic mass is 79.9. The SMILES string of the molecule is CC[C@@H](C)NC(=O)[C@@H](Cc1ccccc1)N(Cc1ccc(Br)cc1)C(=O)CSCc1ccccc1C. The normalized spacial score (nSPS) is 12.6. The number of nitrogens with one attached hydrogen (secondary N) is 1. The van der Waals surface area contributed by atoms with Gasteiger partial charge in [-0.25, -0.2) is 0 Å². The molecular weight excluding hydrogens is 532 g/mol. The number of aryl methyl sites for hydroxylation is 1. The van der Waals surface area contributed by atoms with Crippen LogP contribution in [-0.4, -0.2) is 34.6 Å². The second-order valence-electron chi connectivity index (χ2n) is 9.09. The van der Waals surface area contributed by atoms with E-state index in [-0.39, 0.29) is 17.9 Å². The smallest absolute Gasteiger partial charge is 0.243 e. The molecule has 0 fully saturated rings. The van der Waals surface area contributed by atoms with E-state index in [2.05, 4.69) is 40.3 Å². The van der Waals surface area contributed by atoms with Crippen LogP contribution in [0.25, 0.3) is 0 Å². The first-order chi connectivity index (χ1) is 17.4. The monoisotopic (exact) mass is 566 g/mol. The summed E-state index contributed by atoms with van der Waals surface area (Å²) in [4.78, 5) is 29.0. The molecule has 2 atom stereocenters. The zero-order valence-electron chi connectivity index (χ0n) is 21.2. The van der Waals surface area contributed by atoms with Gasteiger partial charge in [-0.05, 0) is 54.7 Å². The number of amides is 2. The number of hydrogen-bond donors (Lipinski definition) is 1. The van der Waals surface area contributed by atoms with Crippen LogP contribution in [0.4, 0.5) is 0 Å². The third kappa shape index (κ3) is 8.52. The summed E-state index contributed by atoms with van der Waals surface area (Å²) in [5.74, 6) is 0.930. The average Bonchev–Trinajstić information content (AvgIpc) is 2.88. The lowest BCUT2D eigenvalue weighted by Crippen LogP contribution is -2.52. The lowest BCUT2D eigenvalue weighted by atomic mass is 10.0. The van der Waals surface area contributed by atoms with Crippen LogP contribution in [0.5, 0.6) is 0 Å². The Morgan fingerprint density at radius 1 is 0.944 bits per heavy atom. The van der Waals surface area contributed by atoms with Crippen LogP contribution in [0.2, 0.25) is 0 Å². The van der Waals surface area contributed by atoms with Gasteiger partial charge in [-0.3, -0.25) is 9.59 Å². The standard InChI is InChI=1S/C30H35BrN2O2S/c1-4-23(3)32-30(35)28(18-24-11-6-5-7-12-24)33(19-25-14-16-27(31)17-15-25)29(34)21-36-20-26-13-9-8-10-22(26)2/h5-17,23,28H,4,18-21H2,1-3H3,(H,32,35)/t23-,28-/m1/s1. The van der Waals surface area contributed by atoms with Gasteiger partial charge < -0.3 is 10.2 Å². The van der Waals surface area contributed by atoms with E-state index in [1.807, 2.05) is 80.6 Å². The van der Waals surface area contributed by atoms with Crippen molar-refractivity contribution in [2.75, 3.05) is 5.75 Å². The number of benzene rings is 3. The maximum Gasteiger partial charge on any atom is 0.243 e. The van der Waals surface area contributed by atoms with E-state index in [9.17, 15) is 9.59 Å². The zero-order valence-corrected chi connectivity index (χ0v) is 23.6. The van der Waals surface area contributed by atoms with Crippen molar-refractivity contribution >= 4 is 39.5 Å². The molecular formula is C30H35BrN2O2S. The molecule has 0 aliphatic heterocycles. The van der Waals surface area contributed by atoms with Gasteiger partial charge in [0.15, 0.2) is 0 Å². The minimum Gasteiger partial charge on any atom is -0.352 e. The fourth-order valence-corrected chi connectivity index (χ4v) is 5.14. The van der Waals surface area contributed by atoms with Crippen molar-refractivity contribution in [3.8, 4) is 0 Å². The van der Waals surface area contributed by atoms with Gasteiger partial charge in [-0.1, -0.05) is 89.6 Å². The first-order valence-corrected chi connectivity index (χ1v) is 14.3. The van der Waals surface area contributed by atoms with Crippen LogP contribution < -0.4 is 5.32 Å². The van der Waals surface area contributed by atoms with Crippen molar-refractivity contribution in [1.82, 2.24) is 10.2 Å². The Balaban J connectivity index is 1.85. The van der Waals surface area contributed by atoms with Crippen molar-refractivity contribution < 1.29 is 9.59 Å². The first-order valence-electron chi connectivity index (χ1n) is 12.4. The van der Waals surface area contributed by atoms with Gasteiger partial charge >= 0.3 is 0 Å². The quantitative estimate of drug-likeness (QED) is 0.270. The topological polar surface area (TPSA) is 49.4 Å². The van der Waals surface area contributed by atoms with Crippen molar-refractivity contribution in [2.45, 2.75) is 58.0 Å². The van der Waals surface area contributed by atoms with Gasteiger partial charge in [0.2, 0.25) is 11.8 Å². The van der Waals surface area contributed by atoms with Crippen molar-refractivity contribution in [1.29, 1.82) is 0 Å². The first kappa shape index (κ1) is 28.0. The summed E-state index contributed by atoms with van der Waals surface area (Å²) in [5, 5.41) is 3.12. The molecule has 36 heavy (non-hydrogen) atoms. The van der Waals surface area contributed by atoms with Crippen molar-refractivity contribution in [3.05, 3.63) is 106 Å². The third-order valence-electron chi connectivity index (χ3n) is 6.28. The Morgan fingerprint density at radius 2 is 1.61 bits per heavy atom. The molecule has 0 bridgehead atoms. The molecule has 3 rings (SSSR count). The zero-order chi connectivity index (χ0) is 25.9. The van der Waals surface area contributed by atoms with Crippen LogP contribution in [0, 0.1) is 6.92 Å². The molecule has 190 valence electrons. The van der Waals surface area contributed by atoms with Gasteiger partial charge in [-0.2, -0.15) is 0 Å². The molecule has 0 aliphatic rings. The Morgan fingerprint density at radius 3 is 2.28 bits per heavy atom. The second-order valence-corrected chi connectivity index (χ2v) is 11.0. The van der Waals surface area contributed by atoms with E-state index < -0.39 is 6.04 Å². The van der Waals surface area contributed by atoms with E-state index in [0.717, 1.165) is 27.8 Å². The van der Waals surface area contributed by atoms with Gasteiger partial charge in [0, 0.05) is 29.2 Å². The van der Waals surface area contributed by atoms with Crippen molar-refractivity contribution in [2.24, 2.45) is 0 Å². The summed E-state index contributed by atoms with van der Waals surface area (Å²) >= 11 is 5.08. The number of carbonyl (C=O) groups excluding carboxylic acids is 2. The van der Waals surface area contributed by atoms with Crippen LogP contribution >= 0.6 is 27.7 Å². The number of hydrogen-bond acceptors (Lipinski definition) is 3. The summed E-state index contributed by atoms with van der Waals surface area (Å²) in [7, 11) is 0. The van der Waals surface area contributed by atoms with E-state index in [4.69, 9.17) is 0 Å². The van der Waals surface area contributed by atoms with Crippen LogP contribution in [0.15, 0.2) is 83.3 Å². The molecule has 3 aromatic rings. The molecule has 1 N–H and O–H groups in total. The van der Waals surface area contributed by atoms with E-state index in [0.29, 0.717) is 18.7 Å². The molecule has 0 saturated heterocycles. The minimum absolute atomic E-state index is 0.0308. The maximum absolute atomic E-state index is 13.7. The molecule has 0 unspecified atom stereocenters. The number of rotatable bonds is 12. The summed E-state index contributed by atoms with van der Waals surface area (Å²) in [6.07, 6.45) is 1.30. The van der Waals surface area contributed by atoms with Crippen LogP contribution in [-0.2, 0) is 28.3 Å². The predicted octanol–water partition coefficient (Wildman–Crippen LogP) is 6.55. The molecule has 4 nitrogen and oxygen atoms in total. The highest BCUT2D eigenvalue weighted by molar-refractivity contribution is 9.10. The van der Waals surface area contributed by atoms with Crippen molar-refractivity contribution in [3.63, 3.8) is 0 Å². The second kappa shape index (κ2) is 14.2. The Labute approximate surface area is 228 Å². The minimum atomic E-state index is -0.600. The van der Waals surface area contributed by atoms with Crippen LogP contribution in [0.3, 0.4) is 0 Å². The van der Waals surface area contributed by atoms with Gasteiger partial charge in [0.1, 0.15) is 6.04 Å². The van der Waals surface area contributed by atoms with E-state index >= 15 is 0 Å². The third-order valence-corrected chi connectivity index (χ3v) is 7.78. The average molecular weight is 568 g/mol. The number of thioether (sulfide) groups is 1. The highest BCUT2D eigenvalue weighted by Crippen LogP contribution is 2.21. The molecule has 0 heterocycles. The van der Waals surface area contributed by atoms with Gasteiger partial charge in [0.25, 0.3) is 0 Å². The lowest BCUT2D eigenvalue weighted by Gasteiger charge is -2.32. The summed E-state index contributed by atoms with van der Waals surface area (Å²) in [6, 6.07) is 25.5. The molecule has 3 aromatic carbocycles. The van der Waals surface area contributed by atoms with E-state index in [1.165, 1.54) is 11.1 Å². The molecule has 0 spiro atoms. The number of halogens is 1.